The van der Waals surface area contributed by atoms with Gasteiger partial charge in [-0.2, -0.15) is 5.26 Å². The van der Waals surface area contributed by atoms with Crippen molar-refractivity contribution in [2.24, 2.45) is 0 Å². The first-order valence-electron chi connectivity index (χ1n) is 9.83. The fourth-order valence-electron chi connectivity index (χ4n) is 2.92. The van der Waals surface area contributed by atoms with Crippen LogP contribution in [0.2, 0.25) is 10.0 Å². The van der Waals surface area contributed by atoms with E-state index in [1.165, 1.54) is 37.5 Å². The predicted octanol–water partition coefficient (Wildman–Crippen LogP) is 6.80. The molecule has 1 N–H and O–H groups in total. The van der Waals surface area contributed by atoms with Gasteiger partial charge >= 0.3 is 0 Å². The van der Waals surface area contributed by atoms with Crippen molar-refractivity contribution in [3.05, 3.63) is 95.9 Å². The number of rotatable bonds is 8. The van der Waals surface area contributed by atoms with Crippen LogP contribution < -0.4 is 14.8 Å². The number of hydrogen-bond acceptors (Lipinski definition) is 6. The normalized spacial score (nSPS) is 10.9. The molecule has 35 heavy (non-hydrogen) atoms. The number of methoxy groups -OCH3 is 1. The standard InChI is InChI=1S/C24H16BrCl2N3O5/c1-34-22-9-15(19(25)11-23(22)35-13-14-5-6-20(26)21(27)7-14)8-16(12-28)24(31)29-17-3-2-4-18(10-17)30(32)33/h2-11H,13H2,1H3,(H,29,31)/b16-8+. The van der Waals surface area contributed by atoms with Crippen molar-refractivity contribution < 1.29 is 19.2 Å². The molecule has 8 nitrogen and oxygen atoms in total. The van der Waals surface area contributed by atoms with E-state index in [1.54, 1.807) is 30.3 Å². The van der Waals surface area contributed by atoms with Crippen LogP contribution in [0.4, 0.5) is 11.4 Å². The van der Waals surface area contributed by atoms with Crippen molar-refractivity contribution in [3.8, 4) is 17.6 Å². The highest BCUT2D eigenvalue weighted by Crippen LogP contribution is 2.35. The number of halogens is 3. The van der Waals surface area contributed by atoms with Gasteiger partial charge in [-0.25, -0.2) is 0 Å². The highest BCUT2D eigenvalue weighted by atomic mass is 79.9. The van der Waals surface area contributed by atoms with Gasteiger partial charge in [0.2, 0.25) is 0 Å². The highest BCUT2D eigenvalue weighted by Gasteiger charge is 2.15. The van der Waals surface area contributed by atoms with E-state index in [2.05, 4.69) is 21.2 Å². The number of hydrogen-bond donors (Lipinski definition) is 1. The van der Waals surface area contributed by atoms with Crippen LogP contribution in [0.3, 0.4) is 0 Å². The summed E-state index contributed by atoms with van der Waals surface area (Å²) in [4.78, 5) is 23.0. The molecular formula is C24H16BrCl2N3O5. The van der Waals surface area contributed by atoms with Gasteiger partial charge in [0, 0.05) is 22.3 Å². The molecule has 0 aliphatic rings. The molecule has 0 atom stereocenters. The first-order valence-corrected chi connectivity index (χ1v) is 11.4. The number of nitro groups is 1. The van der Waals surface area contributed by atoms with Crippen molar-refractivity contribution in [1.29, 1.82) is 5.26 Å². The lowest BCUT2D eigenvalue weighted by molar-refractivity contribution is -0.384. The molecule has 0 aromatic heterocycles. The van der Waals surface area contributed by atoms with Crippen LogP contribution in [0.15, 0.2) is 64.6 Å². The van der Waals surface area contributed by atoms with E-state index < -0.39 is 10.8 Å². The topological polar surface area (TPSA) is 114 Å². The zero-order valence-electron chi connectivity index (χ0n) is 18.1. The molecule has 0 heterocycles. The monoisotopic (exact) mass is 575 g/mol. The second kappa shape index (κ2) is 11.7. The van der Waals surface area contributed by atoms with Gasteiger partial charge in [-0.05, 0) is 47.5 Å². The number of nitriles is 1. The number of benzene rings is 3. The minimum absolute atomic E-state index is 0.186. The number of carbonyl (C=O) groups is 1. The third kappa shape index (κ3) is 6.73. The predicted molar refractivity (Wildman–Crippen MR) is 137 cm³/mol. The van der Waals surface area contributed by atoms with Crippen molar-refractivity contribution in [3.63, 3.8) is 0 Å². The van der Waals surface area contributed by atoms with Gasteiger partial charge < -0.3 is 14.8 Å². The summed E-state index contributed by atoms with van der Waals surface area (Å²) in [6.07, 6.45) is 1.36. The van der Waals surface area contributed by atoms with Gasteiger partial charge in [-0.15, -0.1) is 0 Å². The summed E-state index contributed by atoms with van der Waals surface area (Å²) in [5, 5.41) is 23.8. The number of nitrogens with one attached hydrogen (secondary N) is 1. The summed E-state index contributed by atoms with van der Waals surface area (Å²) >= 11 is 15.4. The van der Waals surface area contributed by atoms with Gasteiger partial charge in [0.25, 0.3) is 11.6 Å². The maximum Gasteiger partial charge on any atom is 0.271 e. The van der Waals surface area contributed by atoms with E-state index in [0.29, 0.717) is 31.6 Å². The second-order valence-corrected chi connectivity index (χ2v) is 8.66. The van der Waals surface area contributed by atoms with Crippen molar-refractivity contribution in [1.82, 2.24) is 0 Å². The van der Waals surface area contributed by atoms with E-state index in [-0.39, 0.29) is 23.6 Å². The molecule has 0 saturated carbocycles. The first-order chi connectivity index (χ1) is 16.7. The molecule has 0 unspecified atom stereocenters. The smallest absolute Gasteiger partial charge is 0.271 e. The van der Waals surface area contributed by atoms with Crippen LogP contribution in [-0.4, -0.2) is 17.9 Å². The van der Waals surface area contributed by atoms with E-state index in [1.807, 2.05) is 6.07 Å². The first kappa shape index (κ1) is 26.0. The average Bonchev–Trinajstić information content (AvgIpc) is 2.84. The molecule has 0 bridgehead atoms. The van der Waals surface area contributed by atoms with Crippen LogP contribution >= 0.6 is 39.1 Å². The van der Waals surface area contributed by atoms with Crippen LogP contribution in [0, 0.1) is 21.4 Å². The maximum atomic E-state index is 12.6. The molecule has 178 valence electrons. The molecule has 0 aliphatic heterocycles. The van der Waals surface area contributed by atoms with Crippen molar-refractivity contribution >= 4 is 62.5 Å². The summed E-state index contributed by atoms with van der Waals surface area (Å²) in [5.41, 5.74) is 1.06. The Morgan fingerprint density at radius 1 is 1.17 bits per heavy atom. The lowest BCUT2D eigenvalue weighted by Crippen LogP contribution is -2.13. The fourth-order valence-corrected chi connectivity index (χ4v) is 3.68. The average molecular weight is 577 g/mol. The molecule has 0 saturated heterocycles. The number of amides is 1. The molecule has 1 amide bonds. The number of ether oxygens (including phenoxy) is 2. The lowest BCUT2D eigenvalue weighted by atomic mass is 10.1. The Labute approximate surface area is 219 Å². The van der Waals surface area contributed by atoms with Crippen LogP contribution in [0.5, 0.6) is 11.5 Å². The minimum atomic E-state index is -0.723. The molecule has 11 heteroatoms. The Balaban J connectivity index is 1.82. The zero-order chi connectivity index (χ0) is 25.5. The van der Waals surface area contributed by atoms with Crippen LogP contribution in [-0.2, 0) is 11.4 Å². The van der Waals surface area contributed by atoms with Gasteiger partial charge in [-0.3, -0.25) is 14.9 Å². The number of non-ortho nitro benzene ring substituents is 1. The van der Waals surface area contributed by atoms with Gasteiger partial charge in [0.1, 0.15) is 18.2 Å². The fraction of sp³-hybridized carbons (Fsp3) is 0.0833. The number of nitro benzene ring substituents is 1. The van der Waals surface area contributed by atoms with Crippen molar-refractivity contribution in [2.75, 3.05) is 12.4 Å². The molecule has 3 aromatic carbocycles. The number of carbonyl (C=O) groups excluding carboxylic acids is 1. The van der Waals surface area contributed by atoms with E-state index >= 15 is 0 Å². The van der Waals surface area contributed by atoms with Crippen LogP contribution in [0.1, 0.15) is 11.1 Å². The second-order valence-electron chi connectivity index (χ2n) is 6.99. The van der Waals surface area contributed by atoms with E-state index in [4.69, 9.17) is 32.7 Å². The lowest BCUT2D eigenvalue weighted by Gasteiger charge is -2.13. The zero-order valence-corrected chi connectivity index (χ0v) is 21.1. The Hall–Kier alpha value is -3.58. The summed E-state index contributed by atoms with van der Waals surface area (Å²) < 4.78 is 11.8. The summed E-state index contributed by atoms with van der Waals surface area (Å²) in [6, 6.07) is 15.7. The summed E-state index contributed by atoms with van der Waals surface area (Å²) in [7, 11) is 1.46. The number of nitrogens with zero attached hydrogens (tertiary/aromatic N) is 2. The van der Waals surface area contributed by atoms with Crippen LogP contribution in [0.25, 0.3) is 6.08 Å². The van der Waals surface area contributed by atoms with Gasteiger partial charge in [-0.1, -0.05) is 51.3 Å². The van der Waals surface area contributed by atoms with E-state index in [0.717, 1.165) is 5.56 Å². The molecule has 3 rings (SSSR count). The molecular weight excluding hydrogens is 561 g/mol. The van der Waals surface area contributed by atoms with Gasteiger partial charge in [0.15, 0.2) is 11.5 Å². The van der Waals surface area contributed by atoms with Gasteiger partial charge in [0.05, 0.1) is 22.1 Å². The third-order valence-corrected chi connectivity index (χ3v) is 6.07. The SMILES string of the molecule is COc1cc(/C=C(\C#N)C(=O)Nc2cccc([N+](=O)[O-])c2)c(Br)cc1OCc1ccc(Cl)c(Cl)c1. The minimum Gasteiger partial charge on any atom is -0.493 e. The maximum absolute atomic E-state index is 12.6. The highest BCUT2D eigenvalue weighted by molar-refractivity contribution is 9.10. The molecule has 3 aromatic rings. The number of anilines is 1. The Morgan fingerprint density at radius 3 is 2.60 bits per heavy atom. The largest absolute Gasteiger partial charge is 0.493 e. The quantitative estimate of drug-likeness (QED) is 0.136. The van der Waals surface area contributed by atoms with Crippen molar-refractivity contribution in [2.45, 2.75) is 6.61 Å². The third-order valence-electron chi connectivity index (χ3n) is 4.64. The molecule has 0 fully saturated rings. The molecule has 0 spiro atoms. The summed E-state index contributed by atoms with van der Waals surface area (Å²) in [5.74, 6) is 0.0665. The Bertz CT molecular complexity index is 1370. The Morgan fingerprint density at radius 2 is 1.94 bits per heavy atom. The Kier molecular flexibility index (Phi) is 8.71. The molecule has 0 aliphatic carbocycles. The summed E-state index contributed by atoms with van der Waals surface area (Å²) in [6.45, 7) is 0.198. The van der Waals surface area contributed by atoms with E-state index in [9.17, 15) is 20.2 Å². The molecule has 0 radical (unpaired) electrons.